The van der Waals surface area contributed by atoms with Gasteiger partial charge in [-0.3, -0.25) is 4.79 Å². The highest BCUT2D eigenvalue weighted by Crippen LogP contribution is 2.37. The molecule has 1 amide bonds. The van der Waals surface area contributed by atoms with E-state index in [9.17, 15) is 4.79 Å². The molecule has 1 aromatic carbocycles. The van der Waals surface area contributed by atoms with Crippen LogP contribution in [-0.4, -0.2) is 33.5 Å². The third kappa shape index (κ3) is 4.04. The highest BCUT2D eigenvalue weighted by molar-refractivity contribution is 9.10. The lowest BCUT2D eigenvalue weighted by atomic mass is 10.2. The Morgan fingerprint density at radius 2 is 1.83 bits per heavy atom. The topological polar surface area (TPSA) is 82.3 Å². The Morgan fingerprint density at radius 3 is 2.30 bits per heavy atom. The Hall–Kier alpha value is -2.48. The summed E-state index contributed by atoms with van der Waals surface area (Å²) in [7, 11) is 4.57. The van der Waals surface area contributed by atoms with Crippen molar-refractivity contribution in [1.82, 2.24) is 5.43 Å². The molecular formula is C15H15BrN2O5. The first-order chi connectivity index (χ1) is 11.1. The number of carbonyl (C=O) groups excluding carboxylic acids is 1. The van der Waals surface area contributed by atoms with Gasteiger partial charge in [0.1, 0.15) is 0 Å². The van der Waals surface area contributed by atoms with E-state index in [1.165, 1.54) is 33.6 Å². The van der Waals surface area contributed by atoms with Crippen LogP contribution in [0, 0.1) is 0 Å². The van der Waals surface area contributed by atoms with Gasteiger partial charge in [-0.1, -0.05) is 0 Å². The number of rotatable bonds is 6. The van der Waals surface area contributed by atoms with Crippen LogP contribution in [0.1, 0.15) is 16.1 Å². The molecule has 0 aliphatic heterocycles. The van der Waals surface area contributed by atoms with Crippen LogP contribution < -0.4 is 19.6 Å². The van der Waals surface area contributed by atoms with Crippen LogP contribution in [0.5, 0.6) is 17.2 Å². The Bertz CT molecular complexity index is 701. The zero-order chi connectivity index (χ0) is 16.8. The predicted molar refractivity (Wildman–Crippen MR) is 87.6 cm³/mol. The van der Waals surface area contributed by atoms with Gasteiger partial charge in [0.15, 0.2) is 21.9 Å². The van der Waals surface area contributed by atoms with E-state index in [0.717, 1.165) is 0 Å². The highest BCUT2D eigenvalue weighted by Gasteiger charge is 2.13. The number of hydrazone groups is 1. The van der Waals surface area contributed by atoms with Gasteiger partial charge in [-0.2, -0.15) is 5.10 Å². The monoisotopic (exact) mass is 382 g/mol. The van der Waals surface area contributed by atoms with Crippen LogP contribution in [0.15, 0.2) is 38.5 Å². The molecule has 0 atom stereocenters. The number of halogens is 1. The SMILES string of the molecule is COc1cc(C=NNC(=O)c2ccc(Br)o2)cc(OC)c1OC. The maximum atomic E-state index is 11.8. The standard InChI is InChI=1S/C15H15BrN2O5/c1-20-11-6-9(7-12(21-2)14(11)22-3)8-17-18-15(19)10-4-5-13(16)23-10/h4-8H,1-3H3,(H,18,19). The summed E-state index contributed by atoms with van der Waals surface area (Å²) in [5.41, 5.74) is 3.03. The van der Waals surface area contributed by atoms with Crippen LogP contribution in [0.25, 0.3) is 0 Å². The number of hydrogen-bond donors (Lipinski definition) is 1. The van der Waals surface area contributed by atoms with E-state index in [0.29, 0.717) is 27.5 Å². The van der Waals surface area contributed by atoms with Crippen molar-refractivity contribution in [1.29, 1.82) is 0 Å². The fraction of sp³-hybridized carbons (Fsp3) is 0.200. The van der Waals surface area contributed by atoms with Gasteiger partial charge >= 0.3 is 5.91 Å². The molecule has 0 aliphatic rings. The molecule has 0 fully saturated rings. The number of hydrogen-bond acceptors (Lipinski definition) is 6. The van der Waals surface area contributed by atoms with Gasteiger partial charge in [0.25, 0.3) is 0 Å². The van der Waals surface area contributed by atoms with Gasteiger partial charge in [-0.25, -0.2) is 5.43 Å². The molecule has 1 N–H and O–H groups in total. The molecule has 0 saturated heterocycles. The van der Waals surface area contributed by atoms with Crippen molar-refractivity contribution in [3.8, 4) is 17.2 Å². The van der Waals surface area contributed by atoms with E-state index >= 15 is 0 Å². The molecule has 0 spiro atoms. The number of carbonyl (C=O) groups is 1. The summed E-state index contributed by atoms with van der Waals surface area (Å²) in [6.07, 6.45) is 1.46. The van der Waals surface area contributed by atoms with E-state index in [-0.39, 0.29) is 5.76 Å². The minimum absolute atomic E-state index is 0.152. The normalized spacial score (nSPS) is 10.6. The predicted octanol–water partition coefficient (Wildman–Crippen LogP) is 2.83. The molecule has 0 radical (unpaired) electrons. The van der Waals surface area contributed by atoms with E-state index in [1.807, 2.05) is 0 Å². The van der Waals surface area contributed by atoms with E-state index in [4.69, 9.17) is 18.6 Å². The molecule has 122 valence electrons. The summed E-state index contributed by atoms with van der Waals surface area (Å²) in [5, 5.41) is 3.88. The van der Waals surface area contributed by atoms with Crippen LogP contribution in [0.2, 0.25) is 0 Å². The fourth-order valence-electron chi connectivity index (χ4n) is 1.83. The van der Waals surface area contributed by atoms with Crippen molar-refractivity contribution in [3.05, 3.63) is 40.3 Å². The zero-order valence-electron chi connectivity index (χ0n) is 12.8. The van der Waals surface area contributed by atoms with Gasteiger partial charge in [-0.15, -0.1) is 0 Å². The van der Waals surface area contributed by atoms with Gasteiger partial charge in [0, 0.05) is 5.56 Å². The van der Waals surface area contributed by atoms with Crippen LogP contribution in [0.3, 0.4) is 0 Å². The first-order valence-corrected chi connectivity index (χ1v) is 7.27. The minimum atomic E-state index is -0.459. The maximum Gasteiger partial charge on any atom is 0.307 e. The van der Waals surface area contributed by atoms with Crippen molar-refractivity contribution in [3.63, 3.8) is 0 Å². The van der Waals surface area contributed by atoms with Crippen LogP contribution >= 0.6 is 15.9 Å². The lowest BCUT2D eigenvalue weighted by Crippen LogP contribution is -2.16. The van der Waals surface area contributed by atoms with Crippen molar-refractivity contribution < 1.29 is 23.4 Å². The highest BCUT2D eigenvalue weighted by atomic mass is 79.9. The van der Waals surface area contributed by atoms with Gasteiger partial charge in [0.05, 0.1) is 27.5 Å². The fourth-order valence-corrected chi connectivity index (χ4v) is 2.14. The van der Waals surface area contributed by atoms with Crippen molar-refractivity contribution >= 4 is 28.1 Å². The van der Waals surface area contributed by atoms with E-state index < -0.39 is 5.91 Å². The van der Waals surface area contributed by atoms with Crippen LogP contribution in [0.4, 0.5) is 0 Å². The van der Waals surface area contributed by atoms with E-state index in [1.54, 1.807) is 18.2 Å². The van der Waals surface area contributed by atoms with Crippen molar-refractivity contribution in [2.45, 2.75) is 0 Å². The Balaban J connectivity index is 2.14. The number of benzene rings is 1. The average Bonchev–Trinajstić information content (AvgIpc) is 3.00. The third-order valence-electron chi connectivity index (χ3n) is 2.86. The van der Waals surface area contributed by atoms with Crippen molar-refractivity contribution in [2.75, 3.05) is 21.3 Å². The van der Waals surface area contributed by atoms with Crippen molar-refractivity contribution in [2.24, 2.45) is 5.10 Å². The summed E-state index contributed by atoms with van der Waals surface area (Å²) in [6.45, 7) is 0. The number of amides is 1. The molecule has 0 aliphatic carbocycles. The second-order valence-corrected chi connectivity index (χ2v) is 5.04. The maximum absolute atomic E-state index is 11.8. The second kappa shape index (κ2) is 7.68. The smallest absolute Gasteiger partial charge is 0.307 e. The number of methoxy groups -OCH3 is 3. The first kappa shape index (κ1) is 16.9. The summed E-state index contributed by atoms with van der Waals surface area (Å²) >= 11 is 3.13. The molecule has 7 nitrogen and oxygen atoms in total. The number of ether oxygens (including phenoxy) is 3. The zero-order valence-corrected chi connectivity index (χ0v) is 14.3. The Morgan fingerprint density at radius 1 is 1.17 bits per heavy atom. The lowest BCUT2D eigenvalue weighted by Gasteiger charge is -2.12. The summed E-state index contributed by atoms with van der Waals surface area (Å²) in [4.78, 5) is 11.8. The second-order valence-electron chi connectivity index (χ2n) is 4.26. The van der Waals surface area contributed by atoms with Gasteiger partial charge in [-0.05, 0) is 40.2 Å². The summed E-state index contributed by atoms with van der Waals surface area (Å²) < 4.78 is 21.3. The molecule has 23 heavy (non-hydrogen) atoms. The molecule has 0 unspecified atom stereocenters. The van der Waals surface area contributed by atoms with Gasteiger partial charge < -0.3 is 18.6 Å². The summed E-state index contributed by atoms with van der Waals surface area (Å²) in [6, 6.07) is 6.58. The molecule has 0 saturated carbocycles. The number of nitrogens with one attached hydrogen (secondary N) is 1. The molecule has 1 aromatic heterocycles. The molecule has 2 aromatic rings. The van der Waals surface area contributed by atoms with Gasteiger partial charge in [0.2, 0.25) is 5.75 Å². The number of nitrogens with zero attached hydrogens (tertiary/aromatic N) is 1. The molecule has 2 rings (SSSR count). The number of furan rings is 1. The quantitative estimate of drug-likeness (QED) is 0.613. The van der Waals surface area contributed by atoms with Crippen LogP contribution in [-0.2, 0) is 0 Å². The average molecular weight is 383 g/mol. The Kier molecular flexibility index (Phi) is 5.64. The minimum Gasteiger partial charge on any atom is -0.493 e. The summed E-state index contributed by atoms with van der Waals surface area (Å²) in [5.74, 6) is 1.17. The molecule has 0 bridgehead atoms. The largest absolute Gasteiger partial charge is 0.493 e. The third-order valence-corrected chi connectivity index (χ3v) is 3.29. The Labute approximate surface area is 141 Å². The molecular weight excluding hydrogens is 368 g/mol. The first-order valence-electron chi connectivity index (χ1n) is 6.47. The van der Waals surface area contributed by atoms with E-state index in [2.05, 4.69) is 26.5 Å². The molecule has 8 heteroatoms. The lowest BCUT2D eigenvalue weighted by molar-refractivity contribution is 0.0926. The molecule has 1 heterocycles.